The second-order valence-electron chi connectivity index (χ2n) is 4.46. The lowest BCUT2D eigenvalue weighted by Crippen LogP contribution is -2.20. The van der Waals surface area contributed by atoms with E-state index in [4.69, 9.17) is 0 Å². The van der Waals surface area contributed by atoms with Crippen LogP contribution in [0.15, 0.2) is 60.9 Å². The van der Waals surface area contributed by atoms with Crippen molar-refractivity contribution in [3.63, 3.8) is 0 Å². The van der Waals surface area contributed by atoms with Crippen LogP contribution in [0.1, 0.15) is 5.56 Å². The number of nitrogens with zero attached hydrogens (tertiary/aromatic N) is 1. The first kappa shape index (κ1) is 10.9. The highest BCUT2D eigenvalue weighted by molar-refractivity contribution is 5.84. The van der Waals surface area contributed by atoms with Crippen LogP contribution in [-0.2, 0) is 0 Å². The Morgan fingerprint density at radius 2 is 2.00 bits per heavy atom. The summed E-state index contributed by atoms with van der Waals surface area (Å²) in [5.41, 5.74) is 1.25. The van der Waals surface area contributed by atoms with Gasteiger partial charge >= 0.3 is 0 Å². The van der Waals surface area contributed by atoms with E-state index in [1.165, 1.54) is 16.3 Å². The zero-order chi connectivity index (χ0) is 12.2. The Labute approximate surface area is 107 Å². The fraction of sp³-hybridized carbons (Fsp3) is 0.125. The Bertz CT molecular complexity index is 599. The van der Waals surface area contributed by atoms with E-state index in [2.05, 4.69) is 71.0 Å². The number of hydrogen-bond donors (Lipinski definition) is 1. The highest BCUT2D eigenvalue weighted by Crippen LogP contribution is 2.16. The van der Waals surface area contributed by atoms with Crippen molar-refractivity contribution in [3.05, 3.63) is 66.5 Å². The van der Waals surface area contributed by atoms with E-state index in [-0.39, 0.29) is 0 Å². The Balaban J connectivity index is 1.73. The minimum Gasteiger partial charge on any atom is -0.373 e. The summed E-state index contributed by atoms with van der Waals surface area (Å²) in [7, 11) is 0. The lowest BCUT2D eigenvalue weighted by atomic mass is 10.1. The molecule has 0 saturated carbocycles. The van der Waals surface area contributed by atoms with Gasteiger partial charge in [-0.1, -0.05) is 48.6 Å². The van der Waals surface area contributed by atoms with Crippen molar-refractivity contribution < 1.29 is 0 Å². The quantitative estimate of drug-likeness (QED) is 0.880. The second-order valence-corrected chi connectivity index (χ2v) is 4.46. The van der Waals surface area contributed by atoms with Crippen LogP contribution < -0.4 is 5.32 Å². The van der Waals surface area contributed by atoms with Gasteiger partial charge in [0, 0.05) is 18.9 Å². The Morgan fingerprint density at radius 3 is 2.83 bits per heavy atom. The number of hydrogen-bond acceptors (Lipinski definition) is 2. The molecule has 18 heavy (non-hydrogen) atoms. The first-order chi connectivity index (χ1) is 8.92. The third-order valence-electron chi connectivity index (χ3n) is 3.12. The van der Waals surface area contributed by atoms with Gasteiger partial charge in [0.2, 0.25) is 0 Å². The van der Waals surface area contributed by atoms with Crippen molar-refractivity contribution in [2.45, 2.75) is 0 Å². The smallest absolute Gasteiger partial charge is 0.0870 e. The van der Waals surface area contributed by atoms with Gasteiger partial charge in [-0.2, -0.15) is 0 Å². The average molecular weight is 236 g/mol. The largest absolute Gasteiger partial charge is 0.373 e. The van der Waals surface area contributed by atoms with Crippen LogP contribution in [-0.4, -0.2) is 18.1 Å². The number of nitrogens with one attached hydrogen (secondary N) is 1. The maximum Gasteiger partial charge on any atom is 0.0870 e. The van der Waals surface area contributed by atoms with E-state index >= 15 is 0 Å². The summed E-state index contributed by atoms with van der Waals surface area (Å²) in [5.74, 6) is 0. The summed E-state index contributed by atoms with van der Waals surface area (Å²) in [6.07, 6.45) is 8.43. The highest BCUT2D eigenvalue weighted by atomic mass is 15.2. The summed E-state index contributed by atoms with van der Waals surface area (Å²) in [6.45, 7) is 1.85. The first-order valence-corrected chi connectivity index (χ1v) is 6.21. The molecule has 2 aromatic rings. The third-order valence-corrected chi connectivity index (χ3v) is 3.12. The SMILES string of the molecule is C(=Cc1ccc2ccccc2c1)CN1C=CNC1. The summed E-state index contributed by atoms with van der Waals surface area (Å²) in [6, 6.07) is 15.0. The Morgan fingerprint density at radius 1 is 1.11 bits per heavy atom. The van der Waals surface area contributed by atoms with Crippen LogP contribution in [0, 0.1) is 0 Å². The Hall–Kier alpha value is -2.22. The molecule has 0 amide bonds. The topological polar surface area (TPSA) is 15.3 Å². The third kappa shape index (κ3) is 2.38. The molecule has 0 atom stereocenters. The maximum absolute atomic E-state index is 3.16. The normalized spacial score (nSPS) is 14.6. The van der Waals surface area contributed by atoms with Gasteiger partial charge in [0.1, 0.15) is 0 Å². The van der Waals surface area contributed by atoms with E-state index in [9.17, 15) is 0 Å². The maximum atomic E-state index is 3.16. The molecule has 1 aliphatic rings. The molecular weight excluding hydrogens is 220 g/mol. The standard InChI is InChI=1S/C16H16N2/c1-2-6-16-12-14(7-8-15(16)5-1)4-3-10-18-11-9-17-13-18/h1-9,11-12,17H,10,13H2. The molecule has 90 valence electrons. The number of fused-ring (bicyclic) bond motifs is 1. The predicted octanol–water partition coefficient (Wildman–Crippen LogP) is 3.19. The molecule has 0 saturated heterocycles. The molecule has 0 aromatic heterocycles. The van der Waals surface area contributed by atoms with E-state index in [0.717, 1.165) is 13.2 Å². The van der Waals surface area contributed by atoms with Crippen LogP contribution >= 0.6 is 0 Å². The predicted molar refractivity (Wildman–Crippen MR) is 76.8 cm³/mol. The van der Waals surface area contributed by atoms with Crippen molar-refractivity contribution in [1.29, 1.82) is 0 Å². The van der Waals surface area contributed by atoms with Crippen molar-refractivity contribution in [2.75, 3.05) is 13.2 Å². The molecule has 1 N–H and O–H groups in total. The molecule has 2 nitrogen and oxygen atoms in total. The Kier molecular flexibility index (Phi) is 3.01. The minimum absolute atomic E-state index is 0.905. The van der Waals surface area contributed by atoms with E-state index in [1.54, 1.807) is 0 Å². The summed E-state index contributed by atoms with van der Waals surface area (Å²) < 4.78 is 0. The molecule has 0 fully saturated rings. The zero-order valence-electron chi connectivity index (χ0n) is 10.2. The zero-order valence-corrected chi connectivity index (χ0v) is 10.2. The first-order valence-electron chi connectivity index (χ1n) is 6.21. The average Bonchev–Trinajstić information content (AvgIpc) is 2.92. The monoisotopic (exact) mass is 236 g/mol. The van der Waals surface area contributed by atoms with Gasteiger partial charge in [-0.05, 0) is 22.4 Å². The van der Waals surface area contributed by atoms with Gasteiger partial charge in [0.15, 0.2) is 0 Å². The minimum atomic E-state index is 0.905. The van der Waals surface area contributed by atoms with Crippen molar-refractivity contribution in [1.82, 2.24) is 10.2 Å². The fourth-order valence-corrected chi connectivity index (χ4v) is 2.14. The van der Waals surface area contributed by atoms with Gasteiger partial charge in [-0.3, -0.25) is 0 Å². The molecule has 1 aliphatic heterocycles. The molecule has 2 aromatic carbocycles. The second kappa shape index (κ2) is 4.96. The molecule has 0 spiro atoms. The van der Waals surface area contributed by atoms with Crippen molar-refractivity contribution in [2.24, 2.45) is 0 Å². The van der Waals surface area contributed by atoms with Crippen molar-refractivity contribution >= 4 is 16.8 Å². The van der Waals surface area contributed by atoms with Crippen LogP contribution in [0.25, 0.3) is 16.8 Å². The molecule has 0 radical (unpaired) electrons. The van der Waals surface area contributed by atoms with Gasteiger partial charge in [0.05, 0.1) is 6.67 Å². The lowest BCUT2D eigenvalue weighted by molar-refractivity contribution is 0.433. The van der Waals surface area contributed by atoms with E-state index in [0.29, 0.717) is 0 Å². The molecule has 0 bridgehead atoms. The van der Waals surface area contributed by atoms with Crippen molar-refractivity contribution in [3.8, 4) is 0 Å². The van der Waals surface area contributed by atoms with E-state index < -0.39 is 0 Å². The molecular formula is C16H16N2. The number of benzene rings is 2. The molecule has 0 aliphatic carbocycles. The molecule has 3 rings (SSSR count). The van der Waals surface area contributed by atoms with E-state index in [1.807, 2.05) is 6.20 Å². The molecule has 0 unspecified atom stereocenters. The van der Waals surface area contributed by atoms with Crippen LogP contribution in [0.5, 0.6) is 0 Å². The van der Waals surface area contributed by atoms with Gasteiger partial charge in [-0.25, -0.2) is 0 Å². The lowest BCUT2D eigenvalue weighted by Gasteiger charge is -2.10. The van der Waals surface area contributed by atoms with Gasteiger partial charge < -0.3 is 10.2 Å². The van der Waals surface area contributed by atoms with Crippen LogP contribution in [0.3, 0.4) is 0 Å². The summed E-state index contributed by atoms with van der Waals surface area (Å²) in [5, 5.41) is 5.74. The fourth-order valence-electron chi connectivity index (χ4n) is 2.14. The van der Waals surface area contributed by atoms with Crippen LogP contribution in [0.4, 0.5) is 0 Å². The summed E-state index contributed by atoms with van der Waals surface area (Å²) in [4.78, 5) is 2.22. The van der Waals surface area contributed by atoms with Crippen LogP contribution in [0.2, 0.25) is 0 Å². The molecule has 2 heteroatoms. The van der Waals surface area contributed by atoms with Gasteiger partial charge in [-0.15, -0.1) is 0 Å². The van der Waals surface area contributed by atoms with Gasteiger partial charge in [0.25, 0.3) is 0 Å². The number of rotatable bonds is 3. The molecule has 1 heterocycles. The highest BCUT2D eigenvalue weighted by Gasteiger charge is 1.99. The summed E-state index contributed by atoms with van der Waals surface area (Å²) >= 11 is 0.